The Kier molecular flexibility index (Phi) is 12.5. The number of halogens is 2. The molecule has 0 radical (unpaired) electrons. The third kappa shape index (κ3) is 8.61. The molecule has 0 aliphatic carbocycles. The fraction of sp³-hybridized carbons (Fsp3) is 0.478. The standard InChI is InChI=1S/C46H55ClFN9O6/c1-24(2)39(53-45(60)62-5)43(58)55-19-7-9-37(55)41-49-31-15-11-26(21-33(31)51-41)35-17-18-36(57(35)28-13-14-29(47)30(48)23-28)27-12-16-32-34(22-27)52-42(50-32)38-10-8-20-56(38)44(59)40(25(3)4)54-46(61)63-6/h11-16,21-25,35-40H,7-10,17-20H2,1-6H3,(H,49,51)(H,50,52)(H,53,60)(H,54,61)/t35-,36-,37+,38?,39+,40+/m1/s1. The third-order valence-electron chi connectivity index (χ3n) is 12.9. The number of carbonyl (C=O) groups is 4. The van der Waals surface area contributed by atoms with Gasteiger partial charge < -0.3 is 44.8 Å². The van der Waals surface area contributed by atoms with E-state index >= 15 is 4.39 Å². The molecule has 4 N–H and O–H groups in total. The van der Waals surface area contributed by atoms with E-state index in [0.29, 0.717) is 30.4 Å². The van der Waals surface area contributed by atoms with Crippen molar-refractivity contribution in [3.63, 3.8) is 0 Å². The molecule has 5 heterocycles. The molecule has 15 nitrogen and oxygen atoms in total. The fourth-order valence-corrected chi connectivity index (χ4v) is 9.80. The van der Waals surface area contributed by atoms with Crippen LogP contribution in [0.2, 0.25) is 5.02 Å². The summed E-state index contributed by atoms with van der Waals surface area (Å²) in [7, 11) is 2.56. The van der Waals surface area contributed by atoms with E-state index in [1.807, 2.05) is 45.9 Å². The van der Waals surface area contributed by atoms with Crippen LogP contribution in [-0.4, -0.2) is 93.1 Å². The number of imidazole rings is 2. The summed E-state index contributed by atoms with van der Waals surface area (Å²) in [5, 5.41) is 5.46. The molecule has 0 saturated carbocycles. The molecule has 6 atom stereocenters. The lowest BCUT2D eigenvalue weighted by Gasteiger charge is -2.33. The van der Waals surface area contributed by atoms with Gasteiger partial charge in [-0.05, 0) is 104 Å². The molecule has 334 valence electrons. The summed E-state index contributed by atoms with van der Waals surface area (Å²) in [6.07, 6.45) is 3.32. The van der Waals surface area contributed by atoms with Gasteiger partial charge in [-0.15, -0.1) is 0 Å². The second-order valence-corrected chi connectivity index (χ2v) is 17.9. The predicted octanol–water partition coefficient (Wildman–Crippen LogP) is 8.40. The smallest absolute Gasteiger partial charge is 0.407 e. The van der Waals surface area contributed by atoms with E-state index in [4.69, 9.17) is 31.0 Å². The summed E-state index contributed by atoms with van der Waals surface area (Å²) in [6, 6.07) is 14.9. The molecule has 4 amide bonds. The number of carbonyl (C=O) groups excluding carboxylic acids is 4. The summed E-state index contributed by atoms with van der Waals surface area (Å²) >= 11 is 6.21. The molecule has 63 heavy (non-hydrogen) atoms. The van der Waals surface area contributed by atoms with Gasteiger partial charge in [0.2, 0.25) is 11.8 Å². The van der Waals surface area contributed by atoms with Gasteiger partial charge in [-0.2, -0.15) is 0 Å². The highest BCUT2D eigenvalue weighted by Gasteiger charge is 2.40. The van der Waals surface area contributed by atoms with Gasteiger partial charge in [0, 0.05) is 18.8 Å². The zero-order valence-electron chi connectivity index (χ0n) is 36.4. The molecule has 1 unspecified atom stereocenters. The van der Waals surface area contributed by atoms with Crippen LogP contribution in [0, 0.1) is 17.7 Å². The van der Waals surface area contributed by atoms with E-state index in [0.717, 1.165) is 71.7 Å². The van der Waals surface area contributed by atoms with Crippen molar-refractivity contribution in [2.45, 2.75) is 102 Å². The van der Waals surface area contributed by atoms with E-state index in [2.05, 4.69) is 49.8 Å². The number of alkyl carbamates (subject to hydrolysis) is 2. The molecule has 3 aliphatic rings. The molecule has 3 saturated heterocycles. The fourth-order valence-electron chi connectivity index (χ4n) is 9.68. The lowest BCUT2D eigenvalue weighted by Crippen LogP contribution is -2.51. The number of likely N-dealkylation sites (tertiary alicyclic amines) is 2. The number of hydrogen-bond donors (Lipinski definition) is 4. The van der Waals surface area contributed by atoms with Crippen LogP contribution < -0.4 is 15.5 Å². The Balaban J connectivity index is 1.07. The maximum absolute atomic E-state index is 15.2. The average Bonchev–Trinajstić information content (AvgIpc) is 4.12. The van der Waals surface area contributed by atoms with Crippen molar-refractivity contribution in [1.82, 2.24) is 40.4 Å². The van der Waals surface area contributed by atoms with Crippen molar-refractivity contribution in [2.75, 3.05) is 32.2 Å². The van der Waals surface area contributed by atoms with Crippen molar-refractivity contribution >= 4 is 63.4 Å². The number of ether oxygens (including phenoxy) is 2. The summed E-state index contributed by atoms with van der Waals surface area (Å²) in [5.41, 5.74) is 5.92. The largest absolute Gasteiger partial charge is 0.453 e. The van der Waals surface area contributed by atoms with Crippen LogP contribution in [0.3, 0.4) is 0 Å². The van der Waals surface area contributed by atoms with Gasteiger partial charge in [0.1, 0.15) is 29.5 Å². The number of amides is 4. The molecule has 8 rings (SSSR count). The molecular formula is C46H55ClFN9O6. The first kappa shape index (κ1) is 43.7. The number of fused-ring (bicyclic) bond motifs is 2. The van der Waals surface area contributed by atoms with Crippen molar-refractivity contribution in [2.24, 2.45) is 11.8 Å². The SMILES string of the molecule is COC(=O)N[C@H](C(=O)N1CCCC1c1nc2ccc([C@H]3CC[C@H](c4ccc5nc([C@@H]6CCCN6C(=O)[C@@H](NC(=O)OC)C(C)C)[nH]c5c4)N3c3ccc(Cl)c(F)c3)cc2[nH]1)C(C)C. The van der Waals surface area contributed by atoms with Crippen LogP contribution in [0.4, 0.5) is 19.7 Å². The minimum Gasteiger partial charge on any atom is -0.453 e. The zero-order valence-corrected chi connectivity index (χ0v) is 37.2. The third-order valence-corrected chi connectivity index (χ3v) is 13.2. The molecule has 3 aliphatic heterocycles. The highest BCUT2D eigenvalue weighted by Crippen LogP contribution is 2.48. The number of hydrogen-bond acceptors (Lipinski definition) is 9. The van der Waals surface area contributed by atoms with Crippen molar-refractivity contribution in [3.05, 3.63) is 88.2 Å². The van der Waals surface area contributed by atoms with E-state index in [9.17, 15) is 19.2 Å². The molecule has 0 spiro atoms. The average molecular weight is 884 g/mol. The highest BCUT2D eigenvalue weighted by atomic mass is 35.5. The van der Waals surface area contributed by atoms with E-state index in [1.54, 1.807) is 15.9 Å². The molecule has 17 heteroatoms. The number of nitrogens with one attached hydrogen (secondary N) is 4. The Morgan fingerprint density at radius 1 is 0.683 bits per heavy atom. The molecule has 3 fully saturated rings. The minimum absolute atomic E-state index is 0.0457. The predicted molar refractivity (Wildman–Crippen MR) is 237 cm³/mol. The first-order valence-electron chi connectivity index (χ1n) is 21.8. The van der Waals surface area contributed by atoms with Gasteiger partial charge in [0.15, 0.2) is 0 Å². The topological polar surface area (TPSA) is 178 Å². The summed E-state index contributed by atoms with van der Waals surface area (Å²) < 4.78 is 24.8. The number of H-pyrrole nitrogens is 2. The van der Waals surface area contributed by atoms with Gasteiger partial charge >= 0.3 is 12.2 Å². The van der Waals surface area contributed by atoms with Crippen molar-refractivity contribution < 1.29 is 33.0 Å². The normalized spacial score (nSPS) is 21.1. The second kappa shape index (κ2) is 18.1. The van der Waals surface area contributed by atoms with E-state index in [1.165, 1.54) is 20.3 Å². The number of anilines is 1. The van der Waals surface area contributed by atoms with Crippen LogP contribution in [0.25, 0.3) is 22.1 Å². The van der Waals surface area contributed by atoms with Crippen LogP contribution in [0.15, 0.2) is 54.6 Å². The van der Waals surface area contributed by atoms with Crippen LogP contribution >= 0.6 is 11.6 Å². The number of aromatic amines is 2. The summed E-state index contributed by atoms with van der Waals surface area (Å²) in [6.45, 7) is 8.66. The van der Waals surface area contributed by atoms with Gasteiger partial charge in [0.05, 0.1) is 65.5 Å². The van der Waals surface area contributed by atoms with Crippen molar-refractivity contribution in [3.8, 4) is 0 Å². The molecule has 5 aromatic rings. The van der Waals surface area contributed by atoms with Crippen LogP contribution in [0.5, 0.6) is 0 Å². The summed E-state index contributed by atoms with van der Waals surface area (Å²) in [5.74, 6) is 0.219. The maximum atomic E-state index is 15.2. The Hall–Kier alpha value is -5.90. The Bertz CT molecular complexity index is 2380. The van der Waals surface area contributed by atoms with Gasteiger partial charge in [-0.3, -0.25) is 9.59 Å². The number of nitrogens with zero attached hydrogens (tertiary/aromatic N) is 5. The lowest BCUT2D eigenvalue weighted by molar-refractivity contribution is -0.136. The molecule has 3 aromatic carbocycles. The molecule has 2 aromatic heterocycles. The number of rotatable bonds is 11. The van der Waals surface area contributed by atoms with Gasteiger partial charge in [0.25, 0.3) is 0 Å². The van der Waals surface area contributed by atoms with Gasteiger partial charge in [-0.25, -0.2) is 23.9 Å². The quantitative estimate of drug-likeness (QED) is 0.101. The first-order valence-corrected chi connectivity index (χ1v) is 22.2. The van der Waals surface area contributed by atoms with Crippen LogP contribution in [0.1, 0.15) is 113 Å². The van der Waals surface area contributed by atoms with E-state index < -0.39 is 30.1 Å². The monoisotopic (exact) mass is 883 g/mol. The number of aromatic nitrogens is 4. The first-order chi connectivity index (χ1) is 30.3. The van der Waals surface area contributed by atoms with Crippen LogP contribution in [-0.2, 0) is 19.1 Å². The van der Waals surface area contributed by atoms with E-state index in [-0.39, 0.29) is 52.8 Å². The maximum Gasteiger partial charge on any atom is 0.407 e. The zero-order chi connectivity index (χ0) is 44.7. The molecule has 0 bridgehead atoms. The van der Waals surface area contributed by atoms with Crippen molar-refractivity contribution in [1.29, 1.82) is 0 Å². The minimum atomic E-state index is -0.738. The molecular weight excluding hydrogens is 829 g/mol. The Labute approximate surface area is 370 Å². The Morgan fingerprint density at radius 2 is 1.14 bits per heavy atom. The Morgan fingerprint density at radius 3 is 1.56 bits per heavy atom. The number of methoxy groups -OCH3 is 2. The number of benzene rings is 3. The summed E-state index contributed by atoms with van der Waals surface area (Å²) in [4.78, 5) is 74.7. The lowest BCUT2D eigenvalue weighted by atomic mass is 10.0. The highest BCUT2D eigenvalue weighted by molar-refractivity contribution is 6.30. The second-order valence-electron chi connectivity index (χ2n) is 17.5. The van der Waals surface area contributed by atoms with Gasteiger partial charge in [-0.1, -0.05) is 51.4 Å².